The molecule has 1 aromatic heterocycles. The average Bonchev–Trinajstić information content (AvgIpc) is 2.89. The largest absolute Gasteiger partial charge is 0.478 e. The van der Waals surface area contributed by atoms with E-state index in [4.69, 9.17) is 5.11 Å². The molecule has 0 spiro atoms. The van der Waals surface area contributed by atoms with Crippen molar-refractivity contribution in [3.63, 3.8) is 0 Å². The van der Waals surface area contributed by atoms with Gasteiger partial charge in [0.2, 0.25) is 0 Å². The molecular weight excluding hydrogens is 270 g/mol. The summed E-state index contributed by atoms with van der Waals surface area (Å²) in [5.41, 5.74) is 2.01. The Kier molecular flexibility index (Phi) is 4.45. The average molecular weight is 289 g/mol. The first kappa shape index (κ1) is 14.6. The van der Waals surface area contributed by atoms with Gasteiger partial charge < -0.3 is 10.4 Å². The number of aryl methyl sites for hydroxylation is 1. The van der Waals surface area contributed by atoms with Gasteiger partial charge in [0.15, 0.2) is 0 Å². The van der Waals surface area contributed by atoms with Crippen molar-refractivity contribution in [1.82, 2.24) is 0 Å². The van der Waals surface area contributed by atoms with Crippen LogP contribution in [0.15, 0.2) is 30.3 Å². The number of carboxylic acids is 1. The Morgan fingerprint density at radius 2 is 2.10 bits per heavy atom. The normalized spacial score (nSPS) is 12.2. The van der Waals surface area contributed by atoms with Gasteiger partial charge in [0, 0.05) is 15.4 Å². The van der Waals surface area contributed by atoms with Gasteiger partial charge in [0.25, 0.3) is 0 Å². The van der Waals surface area contributed by atoms with Gasteiger partial charge >= 0.3 is 5.97 Å². The number of thiophene rings is 1. The van der Waals surface area contributed by atoms with Crippen LogP contribution in [0.3, 0.4) is 0 Å². The molecule has 0 aliphatic rings. The zero-order valence-corrected chi connectivity index (χ0v) is 12.8. The molecule has 1 atom stereocenters. The van der Waals surface area contributed by atoms with E-state index < -0.39 is 5.97 Å². The SMILES string of the molecule is CCc1ccc(C(C)Nc2cccc(C(=O)O)c2C)s1. The fraction of sp³-hybridized carbons (Fsp3) is 0.312. The highest BCUT2D eigenvalue weighted by Gasteiger charge is 2.13. The van der Waals surface area contributed by atoms with Crippen LogP contribution in [0.1, 0.15) is 45.6 Å². The number of anilines is 1. The molecule has 0 amide bonds. The number of carboxylic acid groups (broad SMARTS) is 1. The molecule has 20 heavy (non-hydrogen) atoms. The van der Waals surface area contributed by atoms with E-state index >= 15 is 0 Å². The summed E-state index contributed by atoms with van der Waals surface area (Å²) >= 11 is 1.80. The number of carbonyl (C=O) groups is 1. The number of hydrogen-bond acceptors (Lipinski definition) is 3. The Labute approximate surface area is 123 Å². The molecule has 2 aromatic rings. The molecule has 0 bridgehead atoms. The van der Waals surface area contributed by atoms with Gasteiger partial charge in [-0.1, -0.05) is 13.0 Å². The molecule has 1 unspecified atom stereocenters. The Morgan fingerprint density at radius 1 is 1.35 bits per heavy atom. The van der Waals surface area contributed by atoms with Crippen molar-refractivity contribution in [1.29, 1.82) is 0 Å². The van der Waals surface area contributed by atoms with Gasteiger partial charge in [-0.15, -0.1) is 11.3 Å². The first-order valence-electron chi connectivity index (χ1n) is 6.71. The zero-order chi connectivity index (χ0) is 14.7. The molecule has 0 aliphatic carbocycles. The minimum Gasteiger partial charge on any atom is -0.478 e. The van der Waals surface area contributed by atoms with Crippen LogP contribution in [-0.2, 0) is 6.42 Å². The third kappa shape index (κ3) is 3.02. The lowest BCUT2D eigenvalue weighted by atomic mass is 10.1. The third-order valence-corrected chi connectivity index (χ3v) is 4.81. The van der Waals surface area contributed by atoms with Crippen molar-refractivity contribution in [2.45, 2.75) is 33.2 Å². The predicted molar refractivity (Wildman–Crippen MR) is 83.9 cm³/mol. The molecule has 4 heteroatoms. The number of benzene rings is 1. The van der Waals surface area contributed by atoms with Crippen LogP contribution in [0.25, 0.3) is 0 Å². The van der Waals surface area contributed by atoms with Crippen LogP contribution in [0.4, 0.5) is 5.69 Å². The summed E-state index contributed by atoms with van der Waals surface area (Å²) in [7, 11) is 0. The molecule has 2 N–H and O–H groups in total. The summed E-state index contributed by atoms with van der Waals surface area (Å²) in [5.74, 6) is -0.886. The topological polar surface area (TPSA) is 49.3 Å². The van der Waals surface area contributed by atoms with E-state index in [1.54, 1.807) is 23.5 Å². The maximum atomic E-state index is 11.1. The minimum absolute atomic E-state index is 0.169. The molecule has 106 valence electrons. The van der Waals surface area contributed by atoms with Gasteiger partial charge in [-0.05, 0) is 50.1 Å². The quantitative estimate of drug-likeness (QED) is 0.852. The van der Waals surface area contributed by atoms with E-state index in [0.29, 0.717) is 5.56 Å². The fourth-order valence-electron chi connectivity index (χ4n) is 2.15. The summed E-state index contributed by atoms with van der Waals surface area (Å²) in [5, 5.41) is 12.6. The van der Waals surface area contributed by atoms with Gasteiger partial charge in [-0.3, -0.25) is 0 Å². The standard InChI is InChI=1S/C16H19NO2S/c1-4-12-8-9-15(20-12)11(3)17-14-7-5-6-13(10(14)2)16(18)19/h5-9,11,17H,4H2,1-3H3,(H,18,19). The molecule has 1 aromatic carbocycles. The lowest BCUT2D eigenvalue weighted by Crippen LogP contribution is -2.08. The number of nitrogens with one attached hydrogen (secondary N) is 1. The molecule has 0 radical (unpaired) electrons. The second-order valence-electron chi connectivity index (χ2n) is 4.81. The van der Waals surface area contributed by atoms with E-state index in [1.807, 2.05) is 13.0 Å². The monoisotopic (exact) mass is 289 g/mol. The molecule has 0 fully saturated rings. The number of rotatable bonds is 5. The molecule has 0 saturated carbocycles. The van der Waals surface area contributed by atoms with Crippen LogP contribution in [0.5, 0.6) is 0 Å². The maximum absolute atomic E-state index is 11.1. The highest BCUT2D eigenvalue weighted by Crippen LogP contribution is 2.28. The van der Waals surface area contributed by atoms with Crippen LogP contribution in [-0.4, -0.2) is 11.1 Å². The summed E-state index contributed by atoms with van der Waals surface area (Å²) in [6.07, 6.45) is 1.05. The zero-order valence-electron chi connectivity index (χ0n) is 11.9. The molecule has 3 nitrogen and oxygen atoms in total. The Bertz CT molecular complexity index is 619. The van der Waals surface area contributed by atoms with Crippen LogP contribution in [0, 0.1) is 6.92 Å². The van der Waals surface area contributed by atoms with Crippen molar-refractivity contribution < 1.29 is 9.90 Å². The lowest BCUT2D eigenvalue weighted by Gasteiger charge is -2.16. The van der Waals surface area contributed by atoms with Crippen LogP contribution < -0.4 is 5.32 Å². The van der Waals surface area contributed by atoms with Gasteiger partial charge in [-0.25, -0.2) is 4.79 Å². The maximum Gasteiger partial charge on any atom is 0.336 e. The molecule has 0 aliphatic heterocycles. The molecule has 1 heterocycles. The van der Waals surface area contributed by atoms with E-state index in [-0.39, 0.29) is 6.04 Å². The summed E-state index contributed by atoms with van der Waals surface area (Å²) in [4.78, 5) is 13.8. The van der Waals surface area contributed by atoms with Gasteiger partial charge in [-0.2, -0.15) is 0 Å². The molecule has 2 rings (SSSR count). The van der Waals surface area contributed by atoms with Crippen molar-refractivity contribution in [3.05, 3.63) is 51.2 Å². The highest BCUT2D eigenvalue weighted by atomic mass is 32.1. The van der Waals surface area contributed by atoms with E-state index in [9.17, 15) is 4.79 Å². The van der Waals surface area contributed by atoms with Crippen molar-refractivity contribution in [2.75, 3.05) is 5.32 Å². The number of aromatic carboxylic acids is 1. The number of hydrogen-bond donors (Lipinski definition) is 2. The molecular formula is C16H19NO2S. The third-order valence-electron chi connectivity index (χ3n) is 3.39. The van der Waals surface area contributed by atoms with E-state index in [1.165, 1.54) is 9.75 Å². The smallest absolute Gasteiger partial charge is 0.336 e. The van der Waals surface area contributed by atoms with E-state index in [0.717, 1.165) is 17.7 Å². The van der Waals surface area contributed by atoms with Crippen molar-refractivity contribution >= 4 is 23.0 Å². The first-order chi connectivity index (χ1) is 9.52. The van der Waals surface area contributed by atoms with Gasteiger partial charge in [0.1, 0.15) is 0 Å². The van der Waals surface area contributed by atoms with Crippen LogP contribution in [0.2, 0.25) is 0 Å². The second-order valence-corrected chi connectivity index (χ2v) is 6.01. The minimum atomic E-state index is -0.886. The molecule has 0 saturated heterocycles. The fourth-order valence-corrected chi connectivity index (χ4v) is 3.10. The first-order valence-corrected chi connectivity index (χ1v) is 7.52. The predicted octanol–water partition coefficient (Wildman–Crippen LogP) is 4.49. The Morgan fingerprint density at radius 3 is 2.70 bits per heavy atom. The summed E-state index contributed by atoms with van der Waals surface area (Å²) < 4.78 is 0. The summed E-state index contributed by atoms with van der Waals surface area (Å²) in [6.45, 7) is 6.08. The van der Waals surface area contributed by atoms with E-state index in [2.05, 4.69) is 31.3 Å². The second kappa shape index (κ2) is 6.09. The Balaban J connectivity index is 2.21. The lowest BCUT2D eigenvalue weighted by molar-refractivity contribution is 0.0696. The van der Waals surface area contributed by atoms with Gasteiger partial charge in [0.05, 0.1) is 11.6 Å². The summed E-state index contributed by atoms with van der Waals surface area (Å²) in [6, 6.07) is 9.79. The Hall–Kier alpha value is -1.81. The van der Waals surface area contributed by atoms with Crippen molar-refractivity contribution in [3.8, 4) is 0 Å². The van der Waals surface area contributed by atoms with Crippen LogP contribution >= 0.6 is 11.3 Å². The van der Waals surface area contributed by atoms with Crippen molar-refractivity contribution in [2.24, 2.45) is 0 Å². The highest BCUT2D eigenvalue weighted by molar-refractivity contribution is 7.12.